The van der Waals surface area contributed by atoms with Crippen molar-refractivity contribution in [3.05, 3.63) is 74.9 Å². The van der Waals surface area contributed by atoms with E-state index in [0.717, 1.165) is 22.5 Å². The maximum Gasteiger partial charge on any atom is 0.267 e. The fraction of sp³-hybridized carbons (Fsp3) is 0.190. The van der Waals surface area contributed by atoms with Crippen molar-refractivity contribution >= 4 is 44.6 Å². The summed E-state index contributed by atoms with van der Waals surface area (Å²) in [7, 11) is -2.35. The summed E-state index contributed by atoms with van der Waals surface area (Å²) in [6, 6.07) is 14.1. The number of benzene rings is 2. The van der Waals surface area contributed by atoms with E-state index in [2.05, 4.69) is 5.32 Å². The number of hydrogen-bond acceptors (Lipinski definition) is 5. The Kier molecular flexibility index (Phi) is 5.84. The van der Waals surface area contributed by atoms with Crippen LogP contribution in [0.1, 0.15) is 20.8 Å². The van der Waals surface area contributed by atoms with Crippen molar-refractivity contribution < 1.29 is 17.9 Å². The lowest BCUT2D eigenvalue weighted by Gasteiger charge is -2.28. The molecular formula is C21H19ClN2O4S2. The summed E-state index contributed by atoms with van der Waals surface area (Å²) in [4.78, 5) is 13.0. The predicted octanol–water partition coefficient (Wildman–Crippen LogP) is 4.41. The van der Waals surface area contributed by atoms with E-state index in [4.69, 9.17) is 16.3 Å². The normalized spacial score (nSPS) is 14.2. The molecule has 9 heteroatoms. The number of ether oxygens (including phenoxy) is 1. The van der Waals surface area contributed by atoms with Crippen LogP contribution in [-0.4, -0.2) is 32.3 Å². The van der Waals surface area contributed by atoms with E-state index < -0.39 is 15.9 Å². The Balaban J connectivity index is 1.61. The molecule has 0 saturated heterocycles. The molecule has 0 spiro atoms. The van der Waals surface area contributed by atoms with Crippen molar-refractivity contribution in [2.24, 2.45) is 0 Å². The molecular weight excluding hydrogens is 444 g/mol. The molecule has 0 bridgehead atoms. The number of thiophene rings is 1. The van der Waals surface area contributed by atoms with Gasteiger partial charge >= 0.3 is 0 Å². The molecule has 0 aliphatic carbocycles. The zero-order valence-electron chi connectivity index (χ0n) is 16.1. The van der Waals surface area contributed by atoms with E-state index in [0.29, 0.717) is 29.4 Å². The first-order valence-electron chi connectivity index (χ1n) is 9.19. The Morgan fingerprint density at radius 3 is 2.70 bits per heavy atom. The van der Waals surface area contributed by atoms with Gasteiger partial charge in [-0.3, -0.25) is 4.79 Å². The van der Waals surface area contributed by atoms with Crippen LogP contribution in [0.2, 0.25) is 5.02 Å². The van der Waals surface area contributed by atoms with Crippen molar-refractivity contribution in [1.82, 2.24) is 4.31 Å². The van der Waals surface area contributed by atoms with Gasteiger partial charge in [0.1, 0.15) is 15.5 Å². The molecule has 0 atom stereocenters. The van der Waals surface area contributed by atoms with E-state index in [1.165, 1.54) is 17.5 Å². The molecule has 156 valence electrons. The van der Waals surface area contributed by atoms with Gasteiger partial charge in [-0.2, -0.15) is 4.31 Å². The number of carbonyl (C=O) groups is 1. The number of fused-ring (bicyclic) bond motifs is 1. The monoisotopic (exact) mass is 462 g/mol. The second-order valence-corrected chi connectivity index (χ2v) is 10.0. The van der Waals surface area contributed by atoms with Gasteiger partial charge in [0.2, 0.25) is 10.0 Å². The zero-order chi connectivity index (χ0) is 21.3. The van der Waals surface area contributed by atoms with Gasteiger partial charge in [-0.15, -0.1) is 11.3 Å². The number of halogens is 1. The molecule has 1 aliphatic rings. The molecule has 0 fully saturated rings. The average Bonchev–Trinajstić information content (AvgIpc) is 3.24. The summed E-state index contributed by atoms with van der Waals surface area (Å²) in [5.74, 6) is -0.0945. The van der Waals surface area contributed by atoms with Gasteiger partial charge in [0.15, 0.2) is 0 Å². The van der Waals surface area contributed by atoms with Crippen LogP contribution in [0.25, 0.3) is 0 Å². The van der Waals surface area contributed by atoms with Crippen LogP contribution in [0.15, 0.2) is 58.8 Å². The summed E-state index contributed by atoms with van der Waals surface area (Å²) in [6.45, 7) is 0.663. The molecule has 0 radical (unpaired) electrons. The van der Waals surface area contributed by atoms with Crippen molar-refractivity contribution in [3.8, 4) is 5.75 Å². The number of sulfonamides is 1. The third-order valence-corrected chi connectivity index (χ3v) is 8.12. The number of hydrogen-bond donors (Lipinski definition) is 1. The van der Waals surface area contributed by atoms with Crippen LogP contribution in [0.4, 0.5) is 5.69 Å². The quantitative estimate of drug-likeness (QED) is 0.609. The van der Waals surface area contributed by atoms with Crippen molar-refractivity contribution in [3.63, 3.8) is 0 Å². The molecule has 4 rings (SSSR count). The molecule has 30 heavy (non-hydrogen) atoms. The first-order chi connectivity index (χ1) is 14.4. The topological polar surface area (TPSA) is 75.7 Å². The van der Waals surface area contributed by atoms with E-state index >= 15 is 0 Å². The van der Waals surface area contributed by atoms with E-state index in [1.54, 1.807) is 23.6 Å². The Morgan fingerprint density at radius 1 is 1.17 bits per heavy atom. The van der Waals surface area contributed by atoms with Crippen LogP contribution in [0.3, 0.4) is 0 Å². The molecule has 1 N–H and O–H groups in total. The number of rotatable bonds is 5. The average molecular weight is 463 g/mol. The summed E-state index contributed by atoms with van der Waals surface area (Å²) < 4.78 is 33.3. The van der Waals surface area contributed by atoms with Crippen molar-refractivity contribution in [2.45, 2.75) is 17.9 Å². The van der Waals surface area contributed by atoms with E-state index in [1.807, 2.05) is 24.3 Å². The summed E-state index contributed by atoms with van der Waals surface area (Å²) in [5.41, 5.74) is 2.51. The lowest BCUT2D eigenvalue weighted by atomic mass is 10.0. The third-order valence-electron chi connectivity index (χ3n) is 4.96. The van der Waals surface area contributed by atoms with Gasteiger partial charge in [0, 0.05) is 18.1 Å². The first-order valence-corrected chi connectivity index (χ1v) is 11.9. The highest BCUT2D eigenvalue weighted by atomic mass is 35.5. The predicted molar refractivity (Wildman–Crippen MR) is 118 cm³/mol. The van der Waals surface area contributed by atoms with Gasteiger partial charge in [0.25, 0.3) is 5.91 Å². The molecule has 2 aromatic carbocycles. The number of amides is 1. The molecule has 1 aliphatic heterocycles. The number of nitrogens with one attached hydrogen (secondary N) is 1. The van der Waals surface area contributed by atoms with E-state index in [-0.39, 0.29) is 16.3 Å². The standard InChI is InChI=1S/C21H19ClN2O4S2/c1-28-18-7-6-16(22)12-17(18)23-21(25)20-19(9-11-29-20)30(26,27)24-10-8-14-4-2-3-5-15(14)13-24/h2-7,9,11-12H,8,10,13H2,1H3,(H,23,25). The largest absolute Gasteiger partial charge is 0.495 e. The highest BCUT2D eigenvalue weighted by Crippen LogP contribution is 2.32. The van der Waals surface area contributed by atoms with Crippen LogP contribution < -0.4 is 10.1 Å². The van der Waals surface area contributed by atoms with Gasteiger partial charge < -0.3 is 10.1 Å². The smallest absolute Gasteiger partial charge is 0.267 e. The minimum Gasteiger partial charge on any atom is -0.495 e. The molecule has 6 nitrogen and oxygen atoms in total. The van der Waals surface area contributed by atoms with Gasteiger partial charge in [0.05, 0.1) is 12.8 Å². The lowest BCUT2D eigenvalue weighted by Crippen LogP contribution is -2.36. The van der Waals surface area contributed by atoms with Crippen LogP contribution in [-0.2, 0) is 23.0 Å². The van der Waals surface area contributed by atoms with Gasteiger partial charge in [-0.1, -0.05) is 35.9 Å². The SMILES string of the molecule is COc1ccc(Cl)cc1NC(=O)c1sccc1S(=O)(=O)N1CCc2ccccc2C1. The molecule has 1 amide bonds. The highest BCUT2D eigenvalue weighted by molar-refractivity contribution is 7.89. The minimum atomic E-state index is -3.83. The third kappa shape index (κ3) is 3.96. The van der Waals surface area contributed by atoms with E-state index in [9.17, 15) is 13.2 Å². The first kappa shape index (κ1) is 20.9. The van der Waals surface area contributed by atoms with Crippen molar-refractivity contribution in [1.29, 1.82) is 0 Å². The summed E-state index contributed by atoms with van der Waals surface area (Å²) in [6.07, 6.45) is 0.640. The second kappa shape index (κ2) is 8.39. The Hall–Kier alpha value is -2.39. The maximum absolute atomic E-state index is 13.3. The van der Waals surface area contributed by atoms with Crippen molar-refractivity contribution in [2.75, 3.05) is 19.0 Å². The fourth-order valence-electron chi connectivity index (χ4n) is 3.44. The molecule has 2 heterocycles. The van der Waals surface area contributed by atoms with Gasteiger partial charge in [-0.05, 0) is 47.2 Å². The minimum absolute atomic E-state index is 0.00498. The Bertz CT molecular complexity index is 1210. The number of carbonyl (C=O) groups excluding carboxylic acids is 1. The number of nitrogens with zero attached hydrogens (tertiary/aromatic N) is 1. The van der Waals surface area contributed by atoms with Crippen LogP contribution >= 0.6 is 22.9 Å². The second-order valence-electron chi connectivity index (χ2n) is 6.77. The summed E-state index contributed by atoms with van der Waals surface area (Å²) in [5, 5.41) is 4.75. The number of anilines is 1. The molecule has 0 saturated carbocycles. The molecule has 3 aromatic rings. The number of methoxy groups -OCH3 is 1. The van der Waals surface area contributed by atoms with Crippen LogP contribution in [0.5, 0.6) is 5.75 Å². The Morgan fingerprint density at radius 2 is 1.93 bits per heavy atom. The Labute approximate surface area is 184 Å². The lowest BCUT2D eigenvalue weighted by molar-refractivity contribution is 0.102. The molecule has 0 unspecified atom stereocenters. The van der Waals surface area contributed by atoms with Gasteiger partial charge in [-0.25, -0.2) is 8.42 Å². The zero-order valence-corrected chi connectivity index (χ0v) is 18.5. The maximum atomic E-state index is 13.3. The summed E-state index contributed by atoms with van der Waals surface area (Å²) >= 11 is 7.10. The molecule has 1 aromatic heterocycles. The fourth-order valence-corrected chi connectivity index (χ4v) is 6.32. The van der Waals surface area contributed by atoms with Crippen LogP contribution in [0, 0.1) is 0 Å². The highest BCUT2D eigenvalue weighted by Gasteiger charge is 2.32.